The Morgan fingerprint density at radius 3 is 2.48 bits per heavy atom. The summed E-state index contributed by atoms with van der Waals surface area (Å²) in [6, 6.07) is 16.5. The van der Waals surface area contributed by atoms with Crippen molar-refractivity contribution in [2.45, 2.75) is 6.42 Å². The molecular weight excluding hydrogens is 342 g/mol. The molecule has 1 aliphatic heterocycles. The summed E-state index contributed by atoms with van der Waals surface area (Å²) < 4.78 is 16.1. The predicted molar refractivity (Wildman–Crippen MR) is 104 cm³/mol. The van der Waals surface area contributed by atoms with E-state index >= 15 is 0 Å². The second kappa shape index (κ2) is 7.53. The first-order valence-electron chi connectivity index (χ1n) is 8.84. The van der Waals surface area contributed by atoms with Gasteiger partial charge in [-0.1, -0.05) is 41.6 Å². The van der Waals surface area contributed by atoms with Crippen molar-refractivity contribution < 1.29 is 14.0 Å². The second-order valence-corrected chi connectivity index (χ2v) is 6.26. The van der Waals surface area contributed by atoms with Gasteiger partial charge in [0.25, 0.3) is 0 Å². The van der Waals surface area contributed by atoms with E-state index in [1.165, 1.54) is 11.1 Å². The van der Waals surface area contributed by atoms with Gasteiger partial charge in [0.2, 0.25) is 5.82 Å². The highest BCUT2D eigenvalue weighted by Crippen LogP contribution is 2.32. The number of rotatable bonds is 5. The van der Waals surface area contributed by atoms with Crippen LogP contribution in [0.1, 0.15) is 12.0 Å². The first kappa shape index (κ1) is 17.1. The molecule has 0 saturated heterocycles. The summed E-state index contributed by atoms with van der Waals surface area (Å²) in [6.45, 7) is 1.59. The van der Waals surface area contributed by atoms with Crippen LogP contribution >= 0.6 is 0 Å². The number of methoxy groups -OCH3 is 2. The van der Waals surface area contributed by atoms with E-state index < -0.39 is 0 Å². The van der Waals surface area contributed by atoms with E-state index in [1.807, 2.05) is 24.3 Å². The van der Waals surface area contributed by atoms with Crippen LogP contribution in [0.4, 0.5) is 6.01 Å². The van der Waals surface area contributed by atoms with Gasteiger partial charge in [-0.15, -0.1) is 0 Å². The van der Waals surface area contributed by atoms with Gasteiger partial charge in [-0.2, -0.15) is 4.98 Å². The van der Waals surface area contributed by atoms with Gasteiger partial charge in [-0.05, 0) is 35.8 Å². The normalized spacial score (nSPS) is 14.0. The maximum Gasteiger partial charge on any atom is 0.324 e. The summed E-state index contributed by atoms with van der Waals surface area (Å²) in [5.41, 5.74) is 3.44. The minimum atomic E-state index is 0.531. The number of anilines is 1. The Bertz CT molecular complexity index is 950. The molecule has 4 rings (SSSR count). The average molecular weight is 363 g/mol. The lowest BCUT2D eigenvalue weighted by atomic mass is 10.00. The van der Waals surface area contributed by atoms with Crippen LogP contribution in [0.2, 0.25) is 0 Å². The first-order valence-corrected chi connectivity index (χ1v) is 8.84. The molecule has 6 heteroatoms. The fourth-order valence-corrected chi connectivity index (χ4v) is 3.19. The van der Waals surface area contributed by atoms with Gasteiger partial charge in [0.15, 0.2) is 11.5 Å². The molecule has 0 radical (unpaired) electrons. The maximum atomic E-state index is 5.49. The SMILES string of the molecule is COc1ccc(-c2noc(N3CC=C(c4ccccc4)CC3)n2)cc1OC. The van der Waals surface area contributed by atoms with Crippen LogP contribution in [-0.4, -0.2) is 37.4 Å². The number of benzene rings is 2. The Hall–Kier alpha value is -3.28. The molecule has 0 unspecified atom stereocenters. The molecule has 0 amide bonds. The zero-order valence-corrected chi connectivity index (χ0v) is 15.4. The zero-order valence-electron chi connectivity index (χ0n) is 15.4. The molecule has 138 valence electrons. The molecule has 0 fully saturated rings. The monoisotopic (exact) mass is 363 g/mol. The summed E-state index contributed by atoms with van der Waals surface area (Å²) in [6.07, 6.45) is 3.16. The van der Waals surface area contributed by atoms with Crippen molar-refractivity contribution in [1.29, 1.82) is 0 Å². The zero-order chi connectivity index (χ0) is 18.6. The quantitative estimate of drug-likeness (QED) is 0.682. The maximum absolute atomic E-state index is 5.49. The Balaban J connectivity index is 1.51. The largest absolute Gasteiger partial charge is 0.493 e. The fourth-order valence-electron chi connectivity index (χ4n) is 3.19. The standard InChI is InChI=1S/C21H21N3O3/c1-25-18-9-8-17(14-19(18)26-2)20-22-21(27-23-20)24-12-10-16(11-13-24)15-6-4-3-5-7-15/h3-10,14H,11-13H2,1-2H3. The highest BCUT2D eigenvalue weighted by Gasteiger charge is 2.19. The van der Waals surface area contributed by atoms with E-state index in [-0.39, 0.29) is 0 Å². The summed E-state index contributed by atoms with van der Waals surface area (Å²) in [4.78, 5) is 6.64. The number of aromatic nitrogens is 2. The van der Waals surface area contributed by atoms with Crippen molar-refractivity contribution in [1.82, 2.24) is 10.1 Å². The number of ether oxygens (including phenoxy) is 2. The van der Waals surface area contributed by atoms with Crippen LogP contribution in [-0.2, 0) is 0 Å². The topological polar surface area (TPSA) is 60.6 Å². The summed E-state index contributed by atoms with van der Waals surface area (Å²) >= 11 is 0. The average Bonchev–Trinajstić information content (AvgIpc) is 3.24. The van der Waals surface area contributed by atoms with E-state index in [2.05, 4.69) is 45.4 Å². The molecule has 0 spiro atoms. The van der Waals surface area contributed by atoms with Gasteiger partial charge in [0.05, 0.1) is 14.2 Å². The Kier molecular flexibility index (Phi) is 4.78. The van der Waals surface area contributed by atoms with Crippen molar-refractivity contribution in [3.8, 4) is 22.9 Å². The van der Waals surface area contributed by atoms with Crippen molar-refractivity contribution in [2.75, 3.05) is 32.2 Å². The molecule has 0 bridgehead atoms. The molecule has 0 atom stereocenters. The first-order chi connectivity index (χ1) is 13.3. The lowest BCUT2D eigenvalue weighted by Gasteiger charge is -2.24. The van der Waals surface area contributed by atoms with Crippen LogP contribution in [0, 0.1) is 0 Å². The number of hydrogen-bond acceptors (Lipinski definition) is 6. The smallest absolute Gasteiger partial charge is 0.324 e. The van der Waals surface area contributed by atoms with Gasteiger partial charge in [-0.25, -0.2) is 0 Å². The summed E-state index contributed by atoms with van der Waals surface area (Å²) in [5.74, 6) is 1.83. The lowest BCUT2D eigenvalue weighted by Crippen LogP contribution is -2.28. The third-order valence-corrected chi connectivity index (χ3v) is 4.68. The molecule has 0 saturated carbocycles. The minimum Gasteiger partial charge on any atom is -0.493 e. The third kappa shape index (κ3) is 3.51. The molecule has 27 heavy (non-hydrogen) atoms. The highest BCUT2D eigenvalue weighted by molar-refractivity contribution is 5.68. The van der Waals surface area contributed by atoms with E-state index in [9.17, 15) is 0 Å². The number of hydrogen-bond donors (Lipinski definition) is 0. The summed E-state index contributed by atoms with van der Waals surface area (Å²) in [7, 11) is 3.21. The van der Waals surface area contributed by atoms with E-state index in [4.69, 9.17) is 14.0 Å². The van der Waals surface area contributed by atoms with E-state index in [0.717, 1.165) is 25.1 Å². The van der Waals surface area contributed by atoms with E-state index in [0.29, 0.717) is 23.3 Å². The molecule has 1 aromatic heterocycles. The predicted octanol–water partition coefficient (Wildman–Crippen LogP) is 4.05. The molecule has 6 nitrogen and oxygen atoms in total. The van der Waals surface area contributed by atoms with Crippen molar-refractivity contribution >= 4 is 11.6 Å². The molecule has 0 aliphatic carbocycles. The molecular formula is C21H21N3O3. The fraction of sp³-hybridized carbons (Fsp3) is 0.238. The molecule has 1 aliphatic rings. The second-order valence-electron chi connectivity index (χ2n) is 6.26. The Labute approximate surface area is 158 Å². The van der Waals surface area contributed by atoms with Crippen LogP contribution in [0.15, 0.2) is 59.1 Å². The third-order valence-electron chi connectivity index (χ3n) is 4.68. The van der Waals surface area contributed by atoms with Crippen molar-refractivity contribution in [2.24, 2.45) is 0 Å². The molecule has 2 heterocycles. The van der Waals surface area contributed by atoms with Crippen LogP contribution in [0.25, 0.3) is 17.0 Å². The van der Waals surface area contributed by atoms with Crippen LogP contribution in [0.3, 0.4) is 0 Å². The minimum absolute atomic E-state index is 0.531. The Morgan fingerprint density at radius 1 is 0.963 bits per heavy atom. The van der Waals surface area contributed by atoms with Gasteiger partial charge in [0.1, 0.15) is 0 Å². The van der Waals surface area contributed by atoms with Gasteiger partial charge >= 0.3 is 6.01 Å². The Morgan fingerprint density at radius 2 is 1.78 bits per heavy atom. The van der Waals surface area contributed by atoms with Gasteiger partial charge < -0.3 is 18.9 Å². The van der Waals surface area contributed by atoms with Crippen molar-refractivity contribution in [3.05, 3.63) is 60.2 Å². The van der Waals surface area contributed by atoms with Gasteiger partial charge in [0, 0.05) is 18.7 Å². The van der Waals surface area contributed by atoms with Crippen molar-refractivity contribution in [3.63, 3.8) is 0 Å². The summed E-state index contributed by atoms with van der Waals surface area (Å²) in [5, 5.41) is 4.12. The molecule has 3 aromatic rings. The number of nitrogens with zero attached hydrogens (tertiary/aromatic N) is 3. The highest BCUT2D eigenvalue weighted by atomic mass is 16.5. The van der Waals surface area contributed by atoms with Gasteiger partial charge in [-0.3, -0.25) is 0 Å². The van der Waals surface area contributed by atoms with E-state index in [1.54, 1.807) is 14.2 Å². The lowest BCUT2D eigenvalue weighted by molar-refractivity contribution is 0.355. The molecule has 2 aromatic carbocycles. The van der Waals surface area contributed by atoms with Crippen LogP contribution in [0.5, 0.6) is 11.5 Å². The molecule has 0 N–H and O–H groups in total. The van der Waals surface area contributed by atoms with Crippen LogP contribution < -0.4 is 14.4 Å².